The minimum atomic E-state index is -0.159. The van der Waals surface area contributed by atoms with E-state index in [0.717, 1.165) is 11.0 Å². The van der Waals surface area contributed by atoms with Crippen LogP contribution in [0, 0.1) is 0 Å². The molecule has 1 aliphatic rings. The molecular formula is C15H18N4O3S. The molecule has 7 nitrogen and oxygen atoms in total. The van der Waals surface area contributed by atoms with E-state index in [4.69, 9.17) is 4.74 Å². The molecular weight excluding hydrogens is 316 g/mol. The first-order chi connectivity index (χ1) is 11.2. The molecule has 0 atom stereocenters. The highest BCUT2D eigenvalue weighted by Gasteiger charge is 2.17. The summed E-state index contributed by atoms with van der Waals surface area (Å²) in [6, 6.07) is 7.56. The van der Waals surface area contributed by atoms with Crippen molar-refractivity contribution in [3.63, 3.8) is 0 Å². The van der Waals surface area contributed by atoms with Crippen molar-refractivity contribution < 1.29 is 14.3 Å². The van der Waals surface area contributed by atoms with Crippen molar-refractivity contribution in [1.29, 1.82) is 0 Å². The van der Waals surface area contributed by atoms with Gasteiger partial charge in [-0.05, 0) is 12.1 Å². The Labute approximate surface area is 138 Å². The van der Waals surface area contributed by atoms with Crippen molar-refractivity contribution in [3.05, 3.63) is 30.6 Å². The first kappa shape index (κ1) is 15.8. The fourth-order valence-electron chi connectivity index (χ4n) is 2.35. The first-order valence-corrected chi connectivity index (χ1v) is 8.55. The van der Waals surface area contributed by atoms with Gasteiger partial charge in [-0.1, -0.05) is 12.1 Å². The van der Waals surface area contributed by atoms with Gasteiger partial charge in [0.15, 0.2) is 0 Å². The number of carbonyl (C=O) groups excluding carboxylic acids is 2. The van der Waals surface area contributed by atoms with Crippen molar-refractivity contribution in [2.24, 2.45) is 0 Å². The second kappa shape index (κ2) is 7.47. The summed E-state index contributed by atoms with van der Waals surface area (Å²) in [5.74, 6) is 0.424. The molecule has 1 N–H and O–H groups in total. The number of hydrogen-bond donors (Lipinski definition) is 1. The highest BCUT2D eigenvalue weighted by Crippen LogP contribution is 2.10. The Morgan fingerprint density at radius 1 is 1.22 bits per heavy atom. The van der Waals surface area contributed by atoms with Crippen molar-refractivity contribution >= 4 is 34.6 Å². The lowest BCUT2D eigenvalue weighted by molar-refractivity contribution is -0.132. The molecule has 1 fully saturated rings. The third-order valence-electron chi connectivity index (χ3n) is 3.52. The van der Waals surface area contributed by atoms with Crippen LogP contribution in [0.15, 0.2) is 30.6 Å². The molecule has 2 heterocycles. The SMILES string of the molecule is O=C(CSCC(=O)N1CCOCC1)Nn1cnc2ccccc21. The van der Waals surface area contributed by atoms with Gasteiger partial charge < -0.3 is 9.64 Å². The van der Waals surface area contributed by atoms with Crippen LogP contribution in [-0.4, -0.2) is 64.2 Å². The molecule has 8 heteroatoms. The molecule has 1 aromatic heterocycles. The van der Waals surface area contributed by atoms with Crippen LogP contribution in [0.1, 0.15) is 0 Å². The zero-order chi connectivity index (χ0) is 16.1. The number of imidazole rings is 1. The number of nitrogens with one attached hydrogen (secondary N) is 1. The number of carbonyl (C=O) groups is 2. The molecule has 1 saturated heterocycles. The number of aromatic nitrogens is 2. The van der Waals surface area contributed by atoms with E-state index in [2.05, 4.69) is 10.4 Å². The summed E-state index contributed by atoms with van der Waals surface area (Å²) in [5.41, 5.74) is 4.43. The zero-order valence-corrected chi connectivity index (χ0v) is 13.4. The van der Waals surface area contributed by atoms with Crippen molar-refractivity contribution in [2.75, 3.05) is 43.2 Å². The van der Waals surface area contributed by atoms with Gasteiger partial charge in [0.05, 0.1) is 35.8 Å². The topological polar surface area (TPSA) is 76.5 Å². The Hall–Kier alpha value is -2.06. The molecule has 0 spiro atoms. The van der Waals surface area contributed by atoms with Crippen LogP contribution < -0.4 is 5.43 Å². The monoisotopic (exact) mass is 334 g/mol. The lowest BCUT2D eigenvalue weighted by Gasteiger charge is -2.26. The summed E-state index contributed by atoms with van der Waals surface area (Å²) < 4.78 is 6.81. The maximum absolute atomic E-state index is 12.0. The molecule has 2 amide bonds. The van der Waals surface area contributed by atoms with Crippen molar-refractivity contribution in [2.45, 2.75) is 0 Å². The summed E-state index contributed by atoms with van der Waals surface area (Å²) >= 11 is 1.31. The smallest absolute Gasteiger partial charge is 0.248 e. The van der Waals surface area contributed by atoms with E-state index in [1.807, 2.05) is 24.3 Å². The predicted molar refractivity (Wildman–Crippen MR) is 88.8 cm³/mol. The van der Waals surface area contributed by atoms with E-state index < -0.39 is 0 Å². The van der Waals surface area contributed by atoms with Crippen LogP contribution in [0.3, 0.4) is 0 Å². The lowest BCUT2D eigenvalue weighted by atomic mass is 10.3. The van der Waals surface area contributed by atoms with E-state index in [1.165, 1.54) is 11.8 Å². The summed E-state index contributed by atoms with van der Waals surface area (Å²) in [6.45, 7) is 2.44. The molecule has 1 aliphatic heterocycles. The van der Waals surface area contributed by atoms with Gasteiger partial charge in [-0.3, -0.25) is 15.0 Å². The summed E-state index contributed by atoms with van der Waals surface area (Å²) in [5, 5.41) is 0. The maximum Gasteiger partial charge on any atom is 0.248 e. The predicted octanol–water partition coefficient (Wildman–Crippen LogP) is 0.698. The number of para-hydroxylation sites is 2. The van der Waals surface area contributed by atoms with Gasteiger partial charge in [0, 0.05) is 13.1 Å². The minimum absolute atomic E-state index is 0.0548. The van der Waals surface area contributed by atoms with Crippen LogP contribution in [0.5, 0.6) is 0 Å². The van der Waals surface area contributed by atoms with Gasteiger partial charge in [-0.2, -0.15) is 0 Å². The van der Waals surface area contributed by atoms with E-state index in [-0.39, 0.29) is 17.6 Å². The quantitative estimate of drug-likeness (QED) is 0.871. The number of benzene rings is 1. The molecule has 3 rings (SSSR count). The van der Waals surface area contributed by atoms with E-state index >= 15 is 0 Å². The van der Waals surface area contributed by atoms with Crippen LogP contribution >= 0.6 is 11.8 Å². The highest BCUT2D eigenvalue weighted by molar-refractivity contribution is 8.00. The van der Waals surface area contributed by atoms with Gasteiger partial charge in [0.25, 0.3) is 0 Å². The number of fused-ring (bicyclic) bond motifs is 1. The average Bonchev–Trinajstić information content (AvgIpc) is 2.99. The standard InChI is InChI=1S/C15H18N4O3S/c20-14(9-23-10-15(21)18-5-7-22-8-6-18)17-19-11-16-12-3-1-2-4-13(12)19/h1-4,11H,5-10H2,(H,17,20). The fourth-order valence-corrected chi connectivity index (χ4v) is 3.06. The molecule has 122 valence electrons. The summed E-state index contributed by atoms with van der Waals surface area (Å²) in [7, 11) is 0. The molecule has 0 bridgehead atoms. The minimum Gasteiger partial charge on any atom is -0.378 e. The van der Waals surface area contributed by atoms with Crippen molar-refractivity contribution in [1.82, 2.24) is 14.6 Å². The third-order valence-corrected chi connectivity index (χ3v) is 4.44. The van der Waals surface area contributed by atoms with E-state index in [9.17, 15) is 9.59 Å². The number of morpholine rings is 1. The van der Waals surface area contributed by atoms with Crippen LogP contribution in [-0.2, 0) is 14.3 Å². The second-order valence-electron chi connectivity index (χ2n) is 5.12. The van der Waals surface area contributed by atoms with Crippen LogP contribution in [0.2, 0.25) is 0 Å². The van der Waals surface area contributed by atoms with Gasteiger partial charge in [0.2, 0.25) is 11.8 Å². The molecule has 0 unspecified atom stereocenters. The zero-order valence-electron chi connectivity index (χ0n) is 12.6. The average molecular weight is 334 g/mol. The molecule has 23 heavy (non-hydrogen) atoms. The Balaban J connectivity index is 1.45. The fraction of sp³-hybridized carbons (Fsp3) is 0.400. The lowest BCUT2D eigenvalue weighted by Crippen LogP contribution is -2.41. The number of amides is 2. The van der Waals surface area contributed by atoms with Gasteiger partial charge in [-0.15, -0.1) is 11.8 Å². The van der Waals surface area contributed by atoms with Crippen LogP contribution in [0.25, 0.3) is 11.0 Å². The van der Waals surface area contributed by atoms with Gasteiger partial charge in [0.1, 0.15) is 6.33 Å². The normalized spacial score (nSPS) is 14.9. The Kier molecular flexibility index (Phi) is 5.14. The molecule has 0 aliphatic carbocycles. The number of thioether (sulfide) groups is 1. The molecule has 1 aromatic carbocycles. The number of rotatable bonds is 5. The van der Waals surface area contributed by atoms with E-state index in [0.29, 0.717) is 32.1 Å². The first-order valence-electron chi connectivity index (χ1n) is 7.39. The second-order valence-corrected chi connectivity index (χ2v) is 6.11. The van der Waals surface area contributed by atoms with Gasteiger partial charge >= 0.3 is 0 Å². The number of hydrogen-bond acceptors (Lipinski definition) is 5. The third kappa shape index (κ3) is 4.02. The van der Waals surface area contributed by atoms with Crippen LogP contribution in [0.4, 0.5) is 0 Å². The molecule has 0 saturated carbocycles. The maximum atomic E-state index is 12.0. The molecule has 2 aromatic rings. The largest absolute Gasteiger partial charge is 0.378 e. The Morgan fingerprint density at radius 3 is 2.83 bits per heavy atom. The summed E-state index contributed by atoms with van der Waals surface area (Å²) in [6.07, 6.45) is 1.58. The Morgan fingerprint density at radius 2 is 2.00 bits per heavy atom. The highest BCUT2D eigenvalue weighted by atomic mass is 32.2. The number of nitrogens with zero attached hydrogens (tertiary/aromatic N) is 3. The number of ether oxygens (including phenoxy) is 1. The van der Waals surface area contributed by atoms with Crippen molar-refractivity contribution in [3.8, 4) is 0 Å². The van der Waals surface area contributed by atoms with Gasteiger partial charge in [-0.25, -0.2) is 9.66 Å². The van der Waals surface area contributed by atoms with E-state index in [1.54, 1.807) is 15.9 Å². The molecule has 0 radical (unpaired) electrons. The summed E-state index contributed by atoms with van der Waals surface area (Å²) in [4.78, 5) is 29.9. The Bertz CT molecular complexity index is 697.